The molecule has 0 atom stereocenters. The van der Waals surface area contributed by atoms with Crippen molar-refractivity contribution < 1.29 is 14.6 Å². The Morgan fingerprint density at radius 1 is 1.40 bits per heavy atom. The maximum Gasteiger partial charge on any atom is 0.340 e. The summed E-state index contributed by atoms with van der Waals surface area (Å²) in [6.45, 7) is 2.59. The molecule has 0 bridgehead atoms. The summed E-state index contributed by atoms with van der Waals surface area (Å²) in [4.78, 5) is 16.6. The van der Waals surface area contributed by atoms with Crippen molar-refractivity contribution in [2.24, 2.45) is 7.05 Å². The highest BCUT2D eigenvalue weighted by Crippen LogP contribution is 2.36. The predicted molar refractivity (Wildman–Crippen MR) is 96.5 cm³/mol. The summed E-state index contributed by atoms with van der Waals surface area (Å²) in [5.41, 5.74) is 3.65. The van der Waals surface area contributed by atoms with Crippen LogP contribution in [0, 0.1) is 0 Å². The van der Waals surface area contributed by atoms with E-state index in [4.69, 9.17) is 4.74 Å². The van der Waals surface area contributed by atoms with Gasteiger partial charge in [-0.3, -0.25) is 4.98 Å². The van der Waals surface area contributed by atoms with Gasteiger partial charge in [-0.15, -0.1) is 0 Å². The molecular formula is C19H21N3O3. The number of pyridine rings is 1. The Balaban J connectivity index is 2.27. The molecule has 0 unspecified atom stereocenters. The van der Waals surface area contributed by atoms with E-state index in [0.29, 0.717) is 29.7 Å². The number of carbonyl (C=O) groups excluding carboxylic acids is 1. The minimum absolute atomic E-state index is 0.104. The molecule has 6 heteroatoms. The van der Waals surface area contributed by atoms with Gasteiger partial charge in [0.15, 0.2) is 0 Å². The Kier molecular flexibility index (Phi) is 4.72. The number of aromatic nitrogens is 2. The number of hydrogen-bond acceptors (Lipinski definition) is 5. The van der Waals surface area contributed by atoms with Crippen LogP contribution in [0.25, 0.3) is 22.0 Å². The van der Waals surface area contributed by atoms with E-state index >= 15 is 0 Å². The van der Waals surface area contributed by atoms with Crippen molar-refractivity contribution >= 4 is 16.9 Å². The van der Waals surface area contributed by atoms with Crippen LogP contribution in [0.1, 0.15) is 23.0 Å². The number of esters is 1. The molecule has 130 valence electrons. The molecule has 6 nitrogen and oxygen atoms in total. The molecule has 0 saturated heterocycles. The molecule has 3 aromatic rings. The van der Waals surface area contributed by atoms with Gasteiger partial charge in [0.25, 0.3) is 0 Å². The number of phenols is 1. The van der Waals surface area contributed by atoms with Crippen molar-refractivity contribution in [3.63, 3.8) is 0 Å². The Morgan fingerprint density at radius 3 is 2.84 bits per heavy atom. The number of aromatic hydroxyl groups is 1. The predicted octanol–water partition coefficient (Wildman–Crippen LogP) is 2.84. The van der Waals surface area contributed by atoms with Crippen molar-refractivity contribution in [3.05, 3.63) is 47.9 Å². The Morgan fingerprint density at radius 2 is 2.20 bits per heavy atom. The molecule has 2 aromatic heterocycles. The number of phenolic OH excluding ortho intramolecular Hbond substituents is 1. The van der Waals surface area contributed by atoms with Crippen molar-refractivity contribution in [1.29, 1.82) is 0 Å². The summed E-state index contributed by atoms with van der Waals surface area (Å²) < 4.78 is 7.18. The van der Waals surface area contributed by atoms with Crippen LogP contribution in [0.2, 0.25) is 0 Å². The lowest BCUT2D eigenvalue weighted by Crippen LogP contribution is -2.14. The second-order valence-corrected chi connectivity index (χ2v) is 5.76. The maximum absolute atomic E-state index is 12.5. The van der Waals surface area contributed by atoms with Crippen molar-refractivity contribution in [2.45, 2.75) is 13.5 Å². The van der Waals surface area contributed by atoms with Gasteiger partial charge in [-0.2, -0.15) is 0 Å². The van der Waals surface area contributed by atoms with Crippen LogP contribution in [0.3, 0.4) is 0 Å². The molecule has 2 heterocycles. The van der Waals surface area contributed by atoms with Gasteiger partial charge in [0.1, 0.15) is 5.75 Å². The molecule has 25 heavy (non-hydrogen) atoms. The molecule has 0 spiro atoms. The topological polar surface area (TPSA) is 76.4 Å². The standard InChI is InChI=1S/C19H21N3O3/c1-4-25-19(24)18-14-9-17(23)13(12-6-5-7-21-10-12)8-15(14)22(3)16(18)11-20-2/h5-10,20,23H,4,11H2,1-3H3. The first kappa shape index (κ1) is 17.0. The smallest absolute Gasteiger partial charge is 0.340 e. The third-order valence-corrected chi connectivity index (χ3v) is 4.23. The van der Waals surface area contributed by atoms with E-state index in [1.54, 1.807) is 25.4 Å². The van der Waals surface area contributed by atoms with Crippen molar-refractivity contribution in [2.75, 3.05) is 13.7 Å². The first-order valence-electron chi connectivity index (χ1n) is 8.14. The van der Waals surface area contributed by atoms with E-state index < -0.39 is 0 Å². The number of carbonyl (C=O) groups is 1. The summed E-state index contributed by atoms with van der Waals surface area (Å²) >= 11 is 0. The molecule has 0 radical (unpaired) electrons. The number of nitrogens with one attached hydrogen (secondary N) is 1. The number of ether oxygens (including phenoxy) is 1. The fraction of sp³-hybridized carbons (Fsp3) is 0.263. The Labute approximate surface area is 146 Å². The van der Waals surface area contributed by atoms with Gasteiger partial charge in [-0.05, 0) is 32.2 Å². The molecule has 0 amide bonds. The summed E-state index contributed by atoms with van der Waals surface area (Å²) in [6.07, 6.45) is 3.38. The molecule has 0 fully saturated rings. The normalized spacial score (nSPS) is 11.0. The van der Waals surface area contributed by atoms with Gasteiger partial charge < -0.3 is 19.7 Å². The molecule has 1 aromatic carbocycles. The zero-order chi connectivity index (χ0) is 18.0. The second kappa shape index (κ2) is 6.94. The molecule has 0 aliphatic carbocycles. The summed E-state index contributed by atoms with van der Waals surface area (Å²) in [6, 6.07) is 7.21. The van der Waals surface area contributed by atoms with Gasteiger partial charge in [0, 0.05) is 53.7 Å². The molecule has 0 aliphatic heterocycles. The first-order chi connectivity index (χ1) is 12.1. The van der Waals surface area contributed by atoms with E-state index in [9.17, 15) is 9.90 Å². The van der Waals surface area contributed by atoms with Crippen LogP contribution in [-0.2, 0) is 18.3 Å². The number of rotatable bonds is 5. The van der Waals surface area contributed by atoms with E-state index in [0.717, 1.165) is 16.8 Å². The van der Waals surface area contributed by atoms with Gasteiger partial charge in [0.2, 0.25) is 0 Å². The lowest BCUT2D eigenvalue weighted by molar-refractivity contribution is 0.0527. The van der Waals surface area contributed by atoms with Gasteiger partial charge in [0.05, 0.1) is 12.2 Å². The average molecular weight is 339 g/mol. The SMILES string of the molecule is CCOC(=O)c1c(CNC)n(C)c2cc(-c3cccnc3)c(O)cc12. The van der Waals surface area contributed by atoms with E-state index in [1.807, 2.05) is 36.9 Å². The number of benzene rings is 1. The maximum atomic E-state index is 12.5. The zero-order valence-electron chi connectivity index (χ0n) is 14.5. The molecule has 3 rings (SSSR count). The average Bonchev–Trinajstić information content (AvgIpc) is 2.87. The second-order valence-electron chi connectivity index (χ2n) is 5.76. The summed E-state index contributed by atoms with van der Waals surface area (Å²) in [5, 5.41) is 14.3. The third-order valence-electron chi connectivity index (χ3n) is 4.23. The molecule has 2 N–H and O–H groups in total. The molecular weight excluding hydrogens is 318 g/mol. The number of nitrogens with zero attached hydrogens (tertiary/aromatic N) is 2. The van der Waals surface area contributed by atoms with E-state index in [-0.39, 0.29) is 11.7 Å². The zero-order valence-corrected chi connectivity index (χ0v) is 14.5. The fourth-order valence-electron chi connectivity index (χ4n) is 3.08. The first-order valence-corrected chi connectivity index (χ1v) is 8.14. The van der Waals surface area contributed by atoms with Crippen LogP contribution in [0.15, 0.2) is 36.7 Å². The quantitative estimate of drug-likeness (QED) is 0.699. The summed E-state index contributed by atoms with van der Waals surface area (Å²) in [7, 11) is 3.73. The van der Waals surface area contributed by atoms with Crippen molar-refractivity contribution in [1.82, 2.24) is 14.9 Å². The summed E-state index contributed by atoms with van der Waals surface area (Å²) in [5.74, 6) is -0.278. The monoisotopic (exact) mass is 339 g/mol. The minimum atomic E-state index is -0.383. The highest BCUT2D eigenvalue weighted by molar-refractivity contribution is 6.07. The highest BCUT2D eigenvalue weighted by atomic mass is 16.5. The highest BCUT2D eigenvalue weighted by Gasteiger charge is 2.23. The third kappa shape index (κ3) is 2.96. The van der Waals surface area contributed by atoms with Crippen LogP contribution < -0.4 is 5.32 Å². The van der Waals surface area contributed by atoms with E-state index in [1.165, 1.54) is 0 Å². The number of hydrogen-bond donors (Lipinski definition) is 2. The minimum Gasteiger partial charge on any atom is -0.507 e. The van der Waals surface area contributed by atoms with E-state index in [2.05, 4.69) is 10.3 Å². The number of aryl methyl sites for hydroxylation is 1. The van der Waals surface area contributed by atoms with Crippen LogP contribution in [0.4, 0.5) is 0 Å². The van der Waals surface area contributed by atoms with Crippen LogP contribution in [0.5, 0.6) is 5.75 Å². The van der Waals surface area contributed by atoms with Crippen molar-refractivity contribution in [3.8, 4) is 16.9 Å². The van der Waals surface area contributed by atoms with Crippen LogP contribution in [-0.4, -0.2) is 34.3 Å². The lowest BCUT2D eigenvalue weighted by atomic mass is 10.0. The van der Waals surface area contributed by atoms with Gasteiger partial charge in [-0.1, -0.05) is 6.07 Å². The van der Waals surface area contributed by atoms with Gasteiger partial charge >= 0.3 is 5.97 Å². The molecule has 0 aliphatic rings. The van der Waals surface area contributed by atoms with Gasteiger partial charge in [-0.25, -0.2) is 4.79 Å². The fourth-order valence-corrected chi connectivity index (χ4v) is 3.08. The Hall–Kier alpha value is -2.86. The molecule has 0 saturated carbocycles. The van der Waals surface area contributed by atoms with Crippen LogP contribution >= 0.6 is 0 Å². The Bertz CT molecular complexity index is 917. The lowest BCUT2D eigenvalue weighted by Gasteiger charge is -2.07. The number of fused-ring (bicyclic) bond motifs is 1. The largest absolute Gasteiger partial charge is 0.507 e.